The Morgan fingerprint density at radius 2 is 1.97 bits per heavy atom. The molecule has 0 unspecified atom stereocenters. The van der Waals surface area contributed by atoms with Gasteiger partial charge in [0.05, 0.1) is 30.9 Å². The molecular weight excluding hydrogens is 480 g/mol. The Kier molecular flexibility index (Phi) is 7.55. The van der Waals surface area contributed by atoms with E-state index >= 15 is 0 Å². The summed E-state index contributed by atoms with van der Waals surface area (Å²) < 4.78 is 11.6. The number of nitrogens with zero attached hydrogens (tertiary/aromatic N) is 3. The van der Waals surface area contributed by atoms with Crippen molar-refractivity contribution >= 4 is 23.0 Å². The molecule has 0 atom stereocenters. The van der Waals surface area contributed by atoms with Gasteiger partial charge in [-0.25, -0.2) is 9.97 Å². The van der Waals surface area contributed by atoms with E-state index in [4.69, 9.17) is 19.4 Å². The summed E-state index contributed by atoms with van der Waals surface area (Å²) in [5.74, 6) is 2.03. The maximum absolute atomic E-state index is 12.2. The number of aromatic amines is 1. The van der Waals surface area contributed by atoms with Gasteiger partial charge >= 0.3 is 0 Å². The normalized spacial score (nSPS) is 15.2. The van der Waals surface area contributed by atoms with Crippen molar-refractivity contribution < 1.29 is 14.3 Å². The Labute approximate surface area is 222 Å². The number of benzene rings is 1. The molecular formula is C29H34N6O3. The average molecular weight is 515 g/mol. The summed E-state index contributed by atoms with van der Waals surface area (Å²) in [5.41, 5.74) is 5.93. The zero-order chi connectivity index (χ0) is 26.5. The number of fused-ring (bicyclic) bond motifs is 1. The van der Waals surface area contributed by atoms with Crippen LogP contribution in [-0.4, -0.2) is 45.8 Å². The van der Waals surface area contributed by atoms with Crippen molar-refractivity contribution in [2.24, 2.45) is 5.41 Å². The lowest BCUT2D eigenvalue weighted by molar-refractivity contribution is -0.124. The SMILES string of the molecule is CC(C)(C)CNC(=O)COC1=CC(c2nc3c(c(Nc4ccc(-c5cn[nH]c5)cc4)n2)COCC3)=CCC1. The topological polar surface area (TPSA) is 114 Å². The molecule has 0 saturated heterocycles. The van der Waals surface area contributed by atoms with E-state index in [0.29, 0.717) is 25.6 Å². The van der Waals surface area contributed by atoms with Gasteiger partial charge in [0, 0.05) is 48.0 Å². The molecule has 1 aromatic carbocycles. The molecule has 3 N–H and O–H groups in total. The van der Waals surface area contributed by atoms with Crippen LogP contribution in [0.4, 0.5) is 11.5 Å². The number of aromatic nitrogens is 4. The second-order valence-electron chi connectivity index (χ2n) is 10.7. The Hall–Kier alpha value is -3.98. The minimum absolute atomic E-state index is 0.000796. The van der Waals surface area contributed by atoms with Gasteiger partial charge in [0.25, 0.3) is 5.91 Å². The van der Waals surface area contributed by atoms with E-state index < -0.39 is 0 Å². The molecule has 5 rings (SSSR count). The molecule has 0 radical (unpaired) electrons. The van der Waals surface area contributed by atoms with Crippen molar-refractivity contribution in [2.45, 2.75) is 46.6 Å². The standard InChI is InChI=1S/C29H34N6O3/c1-29(2,3)18-30-26(36)17-38-23-6-4-5-20(13-23)27-34-25-11-12-37-16-24(25)28(35-27)33-22-9-7-19(8-10-22)21-14-31-32-15-21/h5,7-10,13-15H,4,6,11-12,16-18H2,1-3H3,(H,30,36)(H,31,32)(H,33,34,35). The lowest BCUT2D eigenvalue weighted by atomic mass is 9.97. The molecule has 0 bridgehead atoms. The summed E-state index contributed by atoms with van der Waals surface area (Å²) >= 11 is 0. The Bertz CT molecular complexity index is 1340. The van der Waals surface area contributed by atoms with Crippen LogP contribution in [0.1, 0.15) is 50.7 Å². The van der Waals surface area contributed by atoms with Crippen molar-refractivity contribution in [3.05, 3.63) is 71.7 Å². The van der Waals surface area contributed by atoms with Crippen LogP contribution in [0, 0.1) is 5.41 Å². The van der Waals surface area contributed by atoms with Gasteiger partial charge in [-0.1, -0.05) is 39.0 Å². The fourth-order valence-corrected chi connectivity index (χ4v) is 4.27. The second kappa shape index (κ2) is 11.2. The number of carbonyl (C=O) groups excluding carboxylic acids is 1. The van der Waals surface area contributed by atoms with Gasteiger partial charge in [0.2, 0.25) is 0 Å². The highest BCUT2D eigenvalue weighted by molar-refractivity contribution is 5.78. The lowest BCUT2D eigenvalue weighted by Crippen LogP contribution is -2.34. The summed E-state index contributed by atoms with van der Waals surface area (Å²) in [7, 11) is 0. The van der Waals surface area contributed by atoms with Crippen molar-refractivity contribution in [1.82, 2.24) is 25.5 Å². The smallest absolute Gasteiger partial charge is 0.257 e. The fraction of sp³-hybridized carbons (Fsp3) is 0.379. The summed E-state index contributed by atoms with van der Waals surface area (Å²) in [4.78, 5) is 22.0. The summed E-state index contributed by atoms with van der Waals surface area (Å²) in [5, 5.41) is 13.3. The van der Waals surface area contributed by atoms with Gasteiger partial charge in [-0.2, -0.15) is 5.10 Å². The van der Waals surface area contributed by atoms with Crippen LogP contribution in [0.5, 0.6) is 0 Å². The van der Waals surface area contributed by atoms with Gasteiger partial charge in [0.15, 0.2) is 12.4 Å². The molecule has 1 aliphatic heterocycles. The third-order valence-electron chi connectivity index (χ3n) is 6.34. The predicted molar refractivity (Wildman–Crippen MR) is 146 cm³/mol. The highest BCUT2D eigenvalue weighted by Crippen LogP contribution is 2.30. The first kappa shape index (κ1) is 25.7. The van der Waals surface area contributed by atoms with E-state index in [9.17, 15) is 4.79 Å². The number of ether oxygens (including phenoxy) is 2. The third kappa shape index (κ3) is 6.47. The number of carbonyl (C=O) groups is 1. The summed E-state index contributed by atoms with van der Waals surface area (Å²) in [6.45, 7) is 7.96. The number of nitrogens with one attached hydrogen (secondary N) is 3. The molecule has 198 valence electrons. The highest BCUT2D eigenvalue weighted by Gasteiger charge is 2.21. The molecule has 3 heterocycles. The molecule has 0 spiro atoms. The molecule has 2 aliphatic rings. The molecule has 2 aromatic heterocycles. The third-order valence-corrected chi connectivity index (χ3v) is 6.34. The average Bonchev–Trinajstić information content (AvgIpc) is 3.46. The van der Waals surface area contributed by atoms with E-state index in [1.807, 2.05) is 36.5 Å². The highest BCUT2D eigenvalue weighted by atomic mass is 16.5. The van der Waals surface area contributed by atoms with Crippen LogP contribution in [0.15, 0.2) is 54.6 Å². The van der Waals surface area contributed by atoms with E-state index in [1.165, 1.54) is 0 Å². The van der Waals surface area contributed by atoms with Crippen molar-refractivity contribution in [1.29, 1.82) is 0 Å². The number of allylic oxidation sites excluding steroid dienone is 4. The first-order valence-electron chi connectivity index (χ1n) is 13.0. The van der Waals surface area contributed by atoms with Crippen molar-refractivity contribution in [3.63, 3.8) is 0 Å². The molecule has 0 fully saturated rings. The minimum Gasteiger partial charge on any atom is -0.488 e. The number of hydrogen-bond acceptors (Lipinski definition) is 7. The van der Waals surface area contributed by atoms with Crippen LogP contribution in [-0.2, 0) is 27.3 Å². The van der Waals surface area contributed by atoms with Crippen molar-refractivity contribution in [3.8, 4) is 11.1 Å². The first-order chi connectivity index (χ1) is 18.3. The van der Waals surface area contributed by atoms with Crippen LogP contribution in [0.2, 0.25) is 0 Å². The van der Waals surface area contributed by atoms with Gasteiger partial charge < -0.3 is 20.1 Å². The zero-order valence-corrected chi connectivity index (χ0v) is 22.1. The maximum atomic E-state index is 12.2. The molecule has 0 saturated carbocycles. The molecule has 1 aliphatic carbocycles. The predicted octanol–water partition coefficient (Wildman–Crippen LogP) is 4.92. The summed E-state index contributed by atoms with van der Waals surface area (Å²) in [6, 6.07) is 8.14. The largest absolute Gasteiger partial charge is 0.488 e. The minimum atomic E-state index is -0.118. The van der Waals surface area contributed by atoms with E-state index in [0.717, 1.165) is 64.5 Å². The molecule has 1 amide bonds. The quantitative estimate of drug-likeness (QED) is 0.391. The van der Waals surface area contributed by atoms with Crippen molar-refractivity contribution in [2.75, 3.05) is 25.1 Å². The van der Waals surface area contributed by atoms with Gasteiger partial charge in [0.1, 0.15) is 5.82 Å². The molecule has 3 aromatic rings. The Morgan fingerprint density at radius 3 is 2.74 bits per heavy atom. The van der Waals surface area contributed by atoms with E-state index in [-0.39, 0.29) is 17.9 Å². The fourth-order valence-electron chi connectivity index (χ4n) is 4.27. The lowest BCUT2D eigenvalue weighted by Gasteiger charge is -2.22. The van der Waals surface area contributed by atoms with Crippen LogP contribution < -0.4 is 10.6 Å². The van der Waals surface area contributed by atoms with Gasteiger partial charge in [-0.3, -0.25) is 9.89 Å². The second-order valence-corrected chi connectivity index (χ2v) is 10.7. The zero-order valence-electron chi connectivity index (χ0n) is 22.1. The van der Waals surface area contributed by atoms with Gasteiger partial charge in [-0.05, 0) is 35.6 Å². The Balaban J connectivity index is 1.33. The molecule has 9 nitrogen and oxygen atoms in total. The number of H-pyrrole nitrogens is 1. The van der Waals surface area contributed by atoms with Crippen LogP contribution >= 0.6 is 0 Å². The van der Waals surface area contributed by atoms with E-state index in [1.54, 1.807) is 6.20 Å². The van der Waals surface area contributed by atoms with Gasteiger partial charge in [-0.15, -0.1) is 0 Å². The van der Waals surface area contributed by atoms with Crippen LogP contribution in [0.25, 0.3) is 16.7 Å². The molecule has 9 heteroatoms. The number of rotatable bonds is 8. The number of anilines is 2. The van der Waals surface area contributed by atoms with E-state index in [2.05, 4.69) is 47.7 Å². The molecule has 38 heavy (non-hydrogen) atoms. The first-order valence-corrected chi connectivity index (χ1v) is 13.0. The number of hydrogen-bond donors (Lipinski definition) is 3. The monoisotopic (exact) mass is 514 g/mol. The Morgan fingerprint density at radius 1 is 1.13 bits per heavy atom. The van der Waals surface area contributed by atoms with Crippen LogP contribution in [0.3, 0.4) is 0 Å². The maximum Gasteiger partial charge on any atom is 0.257 e. The summed E-state index contributed by atoms with van der Waals surface area (Å²) in [6.07, 6.45) is 10.0. The number of amides is 1.